The van der Waals surface area contributed by atoms with E-state index in [4.69, 9.17) is 9.84 Å². The smallest absolute Gasteiger partial charge is 0.411 e. The van der Waals surface area contributed by atoms with Gasteiger partial charge in [-0.25, -0.2) is 4.79 Å². The van der Waals surface area contributed by atoms with Crippen LogP contribution in [0.3, 0.4) is 0 Å². The predicted molar refractivity (Wildman–Crippen MR) is 86.6 cm³/mol. The van der Waals surface area contributed by atoms with Crippen LogP contribution in [0.15, 0.2) is 24.3 Å². The Morgan fingerprint density at radius 2 is 1.85 bits per heavy atom. The molecule has 1 aromatic carbocycles. The summed E-state index contributed by atoms with van der Waals surface area (Å²) in [4.78, 5) is 37.9. The Morgan fingerprint density at radius 3 is 2.41 bits per heavy atom. The molecule has 2 fully saturated rings. The standard InChI is InChI=1S/C17H18F2N2O6/c18-15(19)26-12-3-1-11(2-4-12)14(24)20-7-5-17(6-8-20)10-21(9-13(22)23)16(25)27-17/h1-4,15H,5-10H2,(H,22,23). The zero-order chi connectivity index (χ0) is 19.6. The summed E-state index contributed by atoms with van der Waals surface area (Å²) in [7, 11) is 0. The van der Waals surface area contributed by atoms with Crippen molar-refractivity contribution < 1.29 is 37.7 Å². The number of ether oxygens (including phenoxy) is 2. The first-order valence-electron chi connectivity index (χ1n) is 8.32. The third-order valence-electron chi connectivity index (χ3n) is 4.66. The van der Waals surface area contributed by atoms with Gasteiger partial charge in [0.25, 0.3) is 5.91 Å². The average molecular weight is 384 g/mol. The van der Waals surface area contributed by atoms with Crippen molar-refractivity contribution >= 4 is 18.0 Å². The highest BCUT2D eigenvalue weighted by Gasteiger charge is 2.47. The van der Waals surface area contributed by atoms with E-state index in [0.717, 1.165) is 4.90 Å². The van der Waals surface area contributed by atoms with Gasteiger partial charge in [-0.1, -0.05) is 0 Å². The van der Waals surface area contributed by atoms with Crippen molar-refractivity contribution in [3.05, 3.63) is 29.8 Å². The number of likely N-dealkylation sites (tertiary alicyclic amines) is 1. The molecular formula is C17H18F2N2O6. The molecule has 2 aliphatic rings. The lowest BCUT2D eigenvalue weighted by Gasteiger charge is -2.37. The Balaban J connectivity index is 1.58. The molecule has 0 aliphatic carbocycles. The number of amides is 2. The number of hydrogen-bond donors (Lipinski definition) is 1. The molecule has 0 aromatic heterocycles. The summed E-state index contributed by atoms with van der Waals surface area (Å²) in [5, 5.41) is 8.83. The molecule has 0 unspecified atom stereocenters. The molecule has 0 atom stereocenters. The van der Waals surface area contributed by atoms with Crippen LogP contribution in [-0.2, 0) is 9.53 Å². The lowest BCUT2D eigenvalue weighted by Crippen LogP contribution is -2.49. The largest absolute Gasteiger partial charge is 0.480 e. The molecule has 2 amide bonds. The SMILES string of the molecule is O=C(O)CN1CC2(CCN(C(=O)c3ccc(OC(F)F)cc3)CC2)OC1=O. The van der Waals surface area contributed by atoms with Crippen LogP contribution in [0.5, 0.6) is 5.75 Å². The fourth-order valence-electron chi connectivity index (χ4n) is 3.32. The van der Waals surface area contributed by atoms with Crippen LogP contribution in [0.2, 0.25) is 0 Å². The van der Waals surface area contributed by atoms with Gasteiger partial charge in [-0.3, -0.25) is 14.5 Å². The quantitative estimate of drug-likeness (QED) is 0.832. The van der Waals surface area contributed by atoms with Gasteiger partial charge in [-0.2, -0.15) is 8.78 Å². The molecule has 1 aromatic rings. The van der Waals surface area contributed by atoms with E-state index < -0.39 is 30.8 Å². The minimum Gasteiger partial charge on any atom is -0.480 e. The van der Waals surface area contributed by atoms with Crippen molar-refractivity contribution in [3.8, 4) is 5.75 Å². The second kappa shape index (κ2) is 7.37. The van der Waals surface area contributed by atoms with E-state index in [1.165, 1.54) is 24.3 Å². The van der Waals surface area contributed by atoms with E-state index in [-0.39, 0.29) is 18.2 Å². The normalized spacial score (nSPS) is 18.7. The molecule has 2 aliphatic heterocycles. The number of aliphatic carboxylic acids is 1. The Hall–Kier alpha value is -2.91. The Labute approximate surface area is 153 Å². The maximum Gasteiger partial charge on any atom is 0.411 e. The summed E-state index contributed by atoms with van der Waals surface area (Å²) in [5.41, 5.74) is -0.443. The fourth-order valence-corrected chi connectivity index (χ4v) is 3.32. The number of halogens is 2. The highest BCUT2D eigenvalue weighted by Crippen LogP contribution is 2.33. The minimum atomic E-state index is -2.93. The van der Waals surface area contributed by atoms with Crippen molar-refractivity contribution in [2.24, 2.45) is 0 Å². The minimum absolute atomic E-state index is 0.0319. The third kappa shape index (κ3) is 4.26. The lowest BCUT2D eigenvalue weighted by molar-refractivity contribution is -0.137. The highest BCUT2D eigenvalue weighted by molar-refractivity contribution is 5.94. The predicted octanol–water partition coefficient (Wildman–Crippen LogP) is 1.80. The molecule has 2 heterocycles. The van der Waals surface area contributed by atoms with E-state index in [9.17, 15) is 23.2 Å². The molecule has 0 saturated carbocycles. The molecule has 0 bridgehead atoms. The van der Waals surface area contributed by atoms with Crippen molar-refractivity contribution in [2.75, 3.05) is 26.2 Å². The van der Waals surface area contributed by atoms with E-state index in [1.807, 2.05) is 0 Å². The molecule has 146 valence electrons. The van der Waals surface area contributed by atoms with Crippen LogP contribution >= 0.6 is 0 Å². The summed E-state index contributed by atoms with van der Waals surface area (Å²) >= 11 is 0. The number of carbonyl (C=O) groups excluding carboxylic acids is 2. The van der Waals surface area contributed by atoms with E-state index in [0.29, 0.717) is 31.5 Å². The molecule has 1 spiro atoms. The first kappa shape index (κ1) is 18.9. The van der Waals surface area contributed by atoms with Crippen LogP contribution in [0.25, 0.3) is 0 Å². The van der Waals surface area contributed by atoms with Crippen LogP contribution < -0.4 is 4.74 Å². The van der Waals surface area contributed by atoms with Gasteiger partial charge in [0.15, 0.2) is 0 Å². The third-order valence-corrected chi connectivity index (χ3v) is 4.66. The summed E-state index contributed by atoms with van der Waals surface area (Å²) in [6.45, 7) is -2.50. The number of rotatable bonds is 5. The first-order valence-corrected chi connectivity index (χ1v) is 8.32. The van der Waals surface area contributed by atoms with Crippen molar-refractivity contribution in [1.82, 2.24) is 9.80 Å². The number of piperidine rings is 1. The number of benzene rings is 1. The molecule has 2 saturated heterocycles. The van der Waals surface area contributed by atoms with Gasteiger partial charge in [-0.05, 0) is 24.3 Å². The monoisotopic (exact) mass is 384 g/mol. The maximum absolute atomic E-state index is 12.6. The average Bonchev–Trinajstić information content (AvgIpc) is 2.89. The molecule has 3 rings (SSSR count). The van der Waals surface area contributed by atoms with E-state index >= 15 is 0 Å². The summed E-state index contributed by atoms with van der Waals surface area (Å²) in [6, 6.07) is 5.42. The van der Waals surface area contributed by atoms with Gasteiger partial charge >= 0.3 is 18.7 Å². The number of carbonyl (C=O) groups is 3. The lowest BCUT2D eigenvalue weighted by atomic mass is 9.91. The number of carboxylic acids is 1. The number of nitrogens with zero attached hydrogens (tertiary/aromatic N) is 2. The second-order valence-corrected chi connectivity index (χ2v) is 6.50. The van der Waals surface area contributed by atoms with Gasteiger partial charge in [0.05, 0.1) is 6.54 Å². The molecular weight excluding hydrogens is 366 g/mol. The van der Waals surface area contributed by atoms with Crippen LogP contribution in [0.1, 0.15) is 23.2 Å². The molecule has 0 radical (unpaired) electrons. The topological polar surface area (TPSA) is 96.4 Å². The molecule has 10 heteroatoms. The van der Waals surface area contributed by atoms with E-state index in [1.54, 1.807) is 4.90 Å². The summed E-state index contributed by atoms with van der Waals surface area (Å²) in [5.74, 6) is -1.41. The molecule has 27 heavy (non-hydrogen) atoms. The number of alkyl halides is 2. The van der Waals surface area contributed by atoms with Crippen molar-refractivity contribution in [3.63, 3.8) is 0 Å². The highest BCUT2D eigenvalue weighted by atomic mass is 19.3. The van der Waals surface area contributed by atoms with Crippen LogP contribution in [0.4, 0.5) is 13.6 Å². The Kier molecular flexibility index (Phi) is 5.15. The second-order valence-electron chi connectivity index (χ2n) is 6.50. The van der Waals surface area contributed by atoms with Gasteiger partial charge < -0.3 is 19.5 Å². The molecule has 8 nitrogen and oxygen atoms in total. The fraction of sp³-hybridized carbons (Fsp3) is 0.471. The van der Waals surface area contributed by atoms with Gasteiger partial charge in [0.2, 0.25) is 0 Å². The number of hydrogen-bond acceptors (Lipinski definition) is 5. The number of carboxylic acid groups (broad SMARTS) is 1. The van der Waals surface area contributed by atoms with Crippen molar-refractivity contribution in [1.29, 1.82) is 0 Å². The Bertz CT molecular complexity index is 731. The Morgan fingerprint density at radius 1 is 1.22 bits per heavy atom. The van der Waals surface area contributed by atoms with Gasteiger partial charge in [0.1, 0.15) is 17.9 Å². The van der Waals surface area contributed by atoms with Crippen LogP contribution in [-0.4, -0.2) is 71.3 Å². The van der Waals surface area contributed by atoms with Crippen molar-refractivity contribution in [2.45, 2.75) is 25.1 Å². The summed E-state index contributed by atoms with van der Waals surface area (Å²) in [6.07, 6.45) is 0.132. The first-order chi connectivity index (χ1) is 12.8. The summed E-state index contributed by atoms with van der Waals surface area (Å²) < 4.78 is 34.0. The van der Waals surface area contributed by atoms with Gasteiger partial charge in [0, 0.05) is 31.5 Å². The van der Waals surface area contributed by atoms with Crippen LogP contribution in [0, 0.1) is 0 Å². The van der Waals surface area contributed by atoms with Gasteiger partial charge in [-0.15, -0.1) is 0 Å². The molecule has 1 N–H and O–H groups in total. The zero-order valence-corrected chi connectivity index (χ0v) is 14.3. The van der Waals surface area contributed by atoms with E-state index in [2.05, 4.69) is 4.74 Å². The zero-order valence-electron chi connectivity index (χ0n) is 14.3. The maximum atomic E-state index is 12.6.